The first-order valence-corrected chi connectivity index (χ1v) is 9.07. The lowest BCUT2D eigenvalue weighted by Gasteiger charge is -2.18. The van der Waals surface area contributed by atoms with Gasteiger partial charge in [-0.1, -0.05) is 36.4 Å². The van der Waals surface area contributed by atoms with Gasteiger partial charge in [-0.05, 0) is 48.6 Å². The van der Waals surface area contributed by atoms with Crippen molar-refractivity contribution in [3.05, 3.63) is 72.3 Å². The van der Waals surface area contributed by atoms with Gasteiger partial charge in [0.05, 0.1) is 23.1 Å². The summed E-state index contributed by atoms with van der Waals surface area (Å²) in [5.74, 6) is -0.589. The number of para-hydroxylation sites is 1. The summed E-state index contributed by atoms with van der Waals surface area (Å²) in [6, 6.07) is 15.3. The predicted molar refractivity (Wildman–Crippen MR) is 98.1 cm³/mol. The SMILES string of the molecule is O=C(Oc1ccccc1)c1cccc(N2C(=O)[C@@H]3[C@H](C2=O)[C@H]2C=C[C@@H]3C2)c1. The lowest BCUT2D eigenvalue weighted by Crippen LogP contribution is -2.33. The third-order valence-electron chi connectivity index (χ3n) is 5.76. The van der Waals surface area contributed by atoms with Gasteiger partial charge in [0.25, 0.3) is 0 Å². The quantitative estimate of drug-likeness (QED) is 0.365. The number of benzene rings is 2. The van der Waals surface area contributed by atoms with Gasteiger partial charge in [0, 0.05) is 0 Å². The van der Waals surface area contributed by atoms with Crippen molar-refractivity contribution in [2.75, 3.05) is 4.90 Å². The van der Waals surface area contributed by atoms with E-state index in [2.05, 4.69) is 12.2 Å². The molecule has 27 heavy (non-hydrogen) atoms. The summed E-state index contributed by atoms with van der Waals surface area (Å²) in [7, 11) is 0. The molecule has 1 heterocycles. The maximum Gasteiger partial charge on any atom is 0.343 e. The van der Waals surface area contributed by atoms with Gasteiger partial charge in [0.2, 0.25) is 11.8 Å². The molecule has 5 heteroatoms. The molecular formula is C22H17NO4. The molecule has 1 aliphatic heterocycles. The number of hydrogen-bond donors (Lipinski definition) is 0. The van der Waals surface area contributed by atoms with Crippen molar-refractivity contribution < 1.29 is 19.1 Å². The third-order valence-corrected chi connectivity index (χ3v) is 5.76. The number of esters is 1. The van der Waals surface area contributed by atoms with Crippen molar-refractivity contribution in [3.8, 4) is 5.75 Å². The highest BCUT2D eigenvalue weighted by molar-refractivity contribution is 6.23. The van der Waals surface area contributed by atoms with E-state index in [4.69, 9.17) is 4.74 Å². The predicted octanol–water partition coefficient (Wildman–Crippen LogP) is 3.22. The number of allylic oxidation sites excluding steroid dienone is 2. The van der Waals surface area contributed by atoms with E-state index < -0.39 is 5.97 Å². The largest absolute Gasteiger partial charge is 0.423 e. The summed E-state index contributed by atoms with van der Waals surface area (Å²) in [5.41, 5.74) is 0.733. The van der Waals surface area contributed by atoms with Gasteiger partial charge in [-0.15, -0.1) is 0 Å². The molecule has 4 atom stereocenters. The van der Waals surface area contributed by atoms with E-state index >= 15 is 0 Å². The van der Waals surface area contributed by atoms with Crippen molar-refractivity contribution in [2.24, 2.45) is 23.7 Å². The van der Waals surface area contributed by atoms with Crippen LogP contribution in [0.1, 0.15) is 16.8 Å². The summed E-state index contributed by atoms with van der Waals surface area (Å²) in [6.45, 7) is 0. The van der Waals surface area contributed by atoms with Crippen LogP contribution in [0.3, 0.4) is 0 Å². The Morgan fingerprint density at radius 3 is 2.22 bits per heavy atom. The van der Waals surface area contributed by atoms with Gasteiger partial charge in [-0.2, -0.15) is 0 Å². The maximum absolute atomic E-state index is 12.9. The van der Waals surface area contributed by atoms with Crippen LogP contribution < -0.4 is 9.64 Å². The van der Waals surface area contributed by atoms with Crippen LogP contribution in [0.25, 0.3) is 0 Å². The first-order valence-electron chi connectivity index (χ1n) is 9.07. The molecule has 2 aromatic rings. The zero-order chi connectivity index (χ0) is 18.5. The van der Waals surface area contributed by atoms with E-state index in [1.807, 2.05) is 6.07 Å². The maximum atomic E-state index is 12.9. The molecule has 0 spiro atoms. The van der Waals surface area contributed by atoms with Crippen molar-refractivity contribution in [1.29, 1.82) is 0 Å². The van der Waals surface area contributed by atoms with Gasteiger partial charge in [0.15, 0.2) is 0 Å². The molecule has 1 saturated heterocycles. The topological polar surface area (TPSA) is 63.7 Å². The first-order chi connectivity index (χ1) is 13.1. The molecule has 0 unspecified atom stereocenters. The molecular weight excluding hydrogens is 342 g/mol. The fraction of sp³-hybridized carbons (Fsp3) is 0.227. The molecule has 2 amide bonds. The molecule has 5 rings (SSSR count). The fourth-order valence-electron chi connectivity index (χ4n) is 4.58. The zero-order valence-electron chi connectivity index (χ0n) is 14.4. The van der Waals surface area contributed by atoms with Crippen LogP contribution in [-0.4, -0.2) is 17.8 Å². The molecule has 2 aromatic carbocycles. The molecule has 0 N–H and O–H groups in total. The Kier molecular flexibility index (Phi) is 3.50. The molecule has 2 bridgehead atoms. The van der Waals surface area contributed by atoms with E-state index in [1.54, 1.807) is 48.5 Å². The van der Waals surface area contributed by atoms with Crippen LogP contribution in [-0.2, 0) is 9.59 Å². The average Bonchev–Trinajstić information content (AvgIpc) is 3.36. The van der Waals surface area contributed by atoms with Crippen molar-refractivity contribution in [1.82, 2.24) is 0 Å². The van der Waals surface area contributed by atoms with Crippen molar-refractivity contribution in [2.45, 2.75) is 6.42 Å². The summed E-state index contributed by atoms with van der Waals surface area (Å²) in [6.07, 6.45) is 5.02. The summed E-state index contributed by atoms with van der Waals surface area (Å²) >= 11 is 0. The van der Waals surface area contributed by atoms with E-state index in [1.165, 1.54) is 4.90 Å². The molecule has 1 saturated carbocycles. The number of nitrogens with zero attached hydrogens (tertiary/aromatic N) is 1. The van der Waals surface area contributed by atoms with Crippen LogP contribution >= 0.6 is 0 Å². The van der Waals surface area contributed by atoms with E-state index in [0.717, 1.165) is 6.42 Å². The molecule has 3 aliphatic rings. The number of carbonyl (C=O) groups is 3. The zero-order valence-corrected chi connectivity index (χ0v) is 14.4. The van der Waals surface area contributed by atoms with E-state index in [0.29, 0.717) is 17.0 Å². The van der Waals surface area contributed by atoms with Gasteiger partial charge in [-0.3, -0.25) is 9.59 Å². The van der Waals surface area contributed by atoms with Crippen LogP contribution in [0.2, 0.25) is 0 Å². The van der Waals surface area contributed by atoms with Gasteiger partial charge in [0.1, 0.15) is 5.75 Å². The molecule has 0 aromatic heterocycles. The molecule has 5 nitrogen and oxygen atoms in total. The summed E-state index contributed by atoms with van der Waals surface area (Å²) in [4.78, 5) is 39.5. The second-order valence-corrected chi connectivity index (χ2v) is 7.26. The standard InChI is InChI=1S/C22H17NO4/c24-20-18-13-9-10-14(11-13)19(18)21(25)23(20)16-6-4-5-15(12-16)22(26)27-17-7-2-1-3-8-17/h1-10,12-14,18-19H,11H2/t13-,14+,18+,19-. The second-order valence-electron chi connectivity index (χ2n) is 7.26. The lowest BCUT2D eigenvalue weighted by molar-refractivity contribution is -0.123. The normalized spacial score (nSPS) is 27.9. The number of imide groups is 1. The first kappa shape index (κ1) is 16.0. The number of anilines is 1. The van der Waals surface area contributed by atoms with Crippen LogP contribution in [0, 0.1) is 23.7 Å². The highest BCUT2D eigenvalue weighted by atomic mass is 16.5. The number of amides is 2. The van der Waals surface area contributed by atoms with Crippen LogP contribution in [0.4, 0.5) is 5.69 Å². The summed E-state index contributed by atoms with van der Waals surface area (Å²) in [5, 5.41) is 0. The summed E-state index contributed by atoms with van der Waals surface area (Å²) < 4.78 is 5.35. The molecule has 2 fully saturated rings. The highest BCUT2D eigenvalue weighted by Crippen LogP contribution is 2.53. The Morgan fingerprint density at radius 1 is 0.889 bits per heavy atom. The minimum absolute atomic E-state index is 0.157. The lowest BCUT2D eigenvalue weighted by atomic mass is 9.85. The van der Waals surface area contributed by atoms with Crippen molar-refractivity contribution >= 4 is 23.5 Å². The highest BCUT2D eigenvalue weighted by Gasteiger charge is 2.59. The number of fused-ring (bicyclic) bond motifs is 5. The Labute approximate surface area is 156 Å². The number of hydrogen-bond acceptors (Lipinski definition) is 4. The van der Waals surface area contributed by atoms with Gasteiger partial charge in [-0.25, -0.2) is 9.69 Å². The third kappa shape index (κ3) is 2.42. The minimum atomic E-state index is -0.524. The smallest absolute Gasteiger partial charge is 0.343 e. The minimum Gasteiger partial charge on any atom is -0.423 e. The monoisotopic (exact) mass is 359 g/mol. The Morgan fingerprint density at radius 2 is 1.56 bits per heavy atom. The van der Waals surface area contributed by atoms with Gasteiger partial charge < -0.3 is 4.74 Å². The number of rotatable bonds is 3. The van der Waals surface area contributed by atoms with E-state index in [9.17, 15) is 14.4 Å². The molecule has 0 radical (unpaired) electrons. The average molecular weight is 359 g/mol. The van der Waals surface area contributed by atoms with E-state index in [-0.39, 0.29) is 35.5 Å². The van der Waals surface area contributed by atoms with Crippen LogP contribution in [0.5, 0.6) is 5.75 Å². The fourth-order valence-corrected chi connectivity index (χ4v) is 4.58. The van der Waals surface area contributed by atoms with Crippen LogP contribution in [0.15, 0.2) is 66.7 Å². The molecule has 134 valence electrons. The Hall–Kier alpha value is -3.21. The van der Waals surface area contributed by atoms with Crippen molar-refractivity contribution in [3.63, 3.8) is 0 Å². The number of carbonyl (C=O) groups excluding carboxylic acids is 3. The second kappa shape index (κ2) is 5.91. The number of ether oxygens (including phenoxy) is 1. The molecule has 2 aliphatic carbocycles. The Bertz CT molecular complexity index is 951. The Balaban J connectivity index is 1.42. The van der Waals surface area contributed by atoms with Gasteiger partial charge >= 0.3 is 5.97 Å².